The summed E-state index contributed by atoms with van der Waals surface area (Å²) in [5, 5.41) is 3.89. The summed E-state index contributed by atoms with van der Waals surface area (Å²) in [6.07, 6.45) is 8.40. The highest BCUT2D eigenvalue weighted by atomic mass is 16.5. The summed E-state index contributed by atoms with van der Waals surface area (Å²) in [4.78, 5) is 50.1. The lowest BCUT2D eigenvalue weighted by Crippen LogP contribution is -2.35. The number of pyridine rings is 2. The van der Waals surface area contributed by atoms with Crippen LogP contribution in [0.1, 0.15) is 25.0 Å². The minimum atomic E-state index is -0.307. The van der Waals surface area contributed by atoms with Gasteiger partial charge in [0.1, 0.15) is 29.7 Å². The maximum absolute atomic E-state index is 14.2. The number of amides is 1. The molecule has 2 fully saturated rings. The number of carbonyl (C=O) groups excluding carboxylic acids is 1. The SMILES string of the molecule is Cc1nc(-c2nccn2C)ccc1-c1cc2cnc(Nc3ccc(OC4CCN(C)C4)cc3)nc2n(CC(=O)N2CCCC2)c1=O. The number of likely N-dealkylation sites (tertiary alicyclic amines) is 2. The molecule has 1 aromatic carbocycles. The molecule has 0 bridgehead atoms. The first-order chi connectivity index (χ1) is 22.3. The third kappa shape index (κ3) is 5.95. The van der Waals surface area contributed by atoms with E-state index in [1.165, 1.54) is 4.57 Å². The van der Waals surface area contributed by atoms with Gasteiger partial charge in [0.25, 0.3) is 5.56 Å². The van der Waals surface area contributed by atoms with Gasteiger partial charge in [0.05, 0.1) is 0 Å². The summed E-state index contributed by atoms with van der Waals surface area (Å²) in [5.41, 5.74) is 3.37. The molecule has 236 valence electrons. The second kappa shape index (κ2) is 12.4. The highest BCUT2D eigenvalue weighted by Gasteiger charge is 2.23. The van der Waals surface area contributed by atoms with Crippen molar-refractivity contribution in [2.45, 2.75) is 38.8 Å². The molecular formula is C34H37N9O3. The topological polar surface area (TPSA) is 123 Å². The van der Waals surface area contributed by atoms with Gasteiger partial charge in [-0.05, 0) is 69.6 Å². The van der Waals surface area contributed by atoms with Gasteiger partial charge in [-0.3, -0.25) is 14.2 Å². The van der Waals surface area contributed by atoms with Gasteiger partial charge in [-0.1, -0.05) is 6.07 Å². The Morgan fingerprint density at radius 3 is 2.50 bits per heavy atom. The standard InChI is InChI=1S/C34H37N9O3/c1-22-27(10-11-29(37-22)32-35-13-17-41(32)3)28-18-23-19-36-34(38-24-6-8-25(9-7-24)46-26-12-16-40(2)20-26)39-31(23)43(33(28)45)21-30(44)42-14-4-5-15-42/h6-11,13,17-19,26H,4-5,12,14-16,20-21H2,1-3H3,(H,36,38,39). The zero-order valence-electron chi connectivity index (χ0n) is 26.3. The number of aromatic nitrogens is 6. The number of aryl methyl sites for hydroxylation is 2. The lowest BCUT2D eigenvalue weighted by atomic mass is 10.0. The van der Waals surface area contributed by atoms with Gasteiger partial charge >= 0.3 is 0 Å². The van der Waals surface area contributed by atoms with E-state index in [4.69, 9.17) is 14.7 Å². The number of benzene rings is 1. The van der Waals surface area contributed by atoms with Crippen molar-refractivity contribution in [1.82, 2.24) is 38.9 Å². The molecule has 46 heavy (non-hydrogen) atoms. The van der Waals surface area contributed by atoms with E-state index in [1.54, 1.807) is 18.5 Å². The number of rotatable bonds is 8. The van der Waals surface area contributed by atoms with E-state index in [9.17, 15) is 9.59 Å². The van der Waals surface area contributed by atoms with Crippen LogP contribution in [0.25, 0.3) is 33.7 Å². The molecule has 4 aromatic heterocycles. The van der Waals surface area contributed by atoms with Crippen LogP contribution in [0.3, 0.4) is 0 Å². The van der Waals surface area contributed by atoms with Crippen LogP contribution in [0.15, 0.2) is 65.8 Å². The van der Waals surface area contributed by atoms with Crippen molar-refractivity contribution in [3.8, 4) is 28.4 Å². The molecule has 2 saturated heterocycles. The van der Waals surface area contributed by atoms with E-state index in [0.29, 0.717) is 52.6 Å². The Bertz CT molecular complexity index is 1960. The highest BCUT2D eigenvalue weighted by molar-refractivity contribution is 5.85. The zero-order chi connectivity index (χ0) is 31.8. The Labute approximate surface area is 266 Å². The molecule has 0 saturated carbocycles. The molecular weight excluding hydrogens is 582 g/mol. The third-order valence-corrected chi connectivity index (χ3v) is 8.77. The van der Waals surface area contributed by atoms with E-state index in [2.05, 4.69) is 27.2 Å². The quantitative estimate of drug-likeness (QED) is 0.274. The van der Waals surface area contributed by atoms with Crippen molar-refractivity contribution in [2.75, 3.05) is 38.5 Å². The number of carbonyl (C=O) groups is 1. The van der Waals surface area contributed by atoms with Crippen molar-refractivity contribution in [3.05, 3.63) is 77.1 Å². The molecule has 7 rings (SSSR count). The van der Waals surface area contributed by atoms with E-state index < -0.39 is 0 Å². The van der Waals surface area contributed by atoms with Crippen molar-refractivity contribution in [2.24, 2.45) is 7.05 Å². The minimum Gasteiger partial charge on any atom is -0.489 e. The molecule has 5 aromatic rings. The predicted octanol–water partition coefficient (Wildman–Crippen LogP) is 4.01. The Hall–Kier alpha value is -5.10. The van der Waals surface area contributed by atoms with Crippen molar-refractivity contribution < 1.29 is 9.53 Å². The summed E-state index contributed by atoms with van der Waals surface area (Å²) in [7, 11) is 4.01. The summed E-state index contributed by atoms with van der Waals surface area (Å²) in [6.45, 7) is 5.11. The first-order valence-corrected chi connectivity index (χ1v) is 15.7. The number of fused-ring (bicyclic) bond motifs is 1. The van der Waals surface area contributed by atoms with Crippen LogP contribution in [-0.2, 0) is 18.4 Å². The Morgan fingerprint density at radius 1 is 1.00 bits per heavy atom. The van der Waals surface area contributed by atoms with Gasteiger partial charge in [0.2, 0.25) is 11.9 Å². The number of nitrogens with zero attached hydrogens (tertiary/aromatic N) is 8. The summed E-state index contributed by atoms with van der Waals surface area (Å²) < 4.78 is 9.49. The fourth-order valence-corrected chi connectivity index (χ4v) is 6.27. The maximum atomic E-state index is 14.2. The molecule has 1 unspecified atom stereocenters. The van der Waals surface area contributed by atoms with Crippen molar-refractivity contribution in [1.29, 1.82) is 0 Å². The number of nitrogens with one attached hydrogen (secondary N) is 1. The number of likely N-dealkylation sites (N-methyl/N-ethyl adjacent to an activating group) is 1. The second-order valence-corrected chi connectivity index (χ2v) is 12.1. The summed E-state index contributed by atoms with van der Waals surface area (Å²) in [6, 6.07) is 13.2. The average molecular weight is 620 g/mol. The van der Waals surface area contributed by atoms with Crippen LogP contribution >= 0.6 is 0 Å². The first-order valence-electron chi connectivity index (χ1n) is 15.7. The molecule has 1 amide bonds. The van der Waals surface area contributed by atoms with Gasteiger partial charge in [0.15, 0.2) is 5.82 Å². The van der Waals surface area contributed by atoms with Crippen LogP contribution in [0.5, 0.6) is 5.75 Å². The number of ether oxygens (including phenoxy) is 1. The molecule has 2 aliphatic rings. The molecule has 2 aliphatic heterocycles. The molecule has 0 spiro atoms. The minimum absolute atomic E-state index is 0.102. The van der Waals surface area contributed by atoms with Crippen LogP contribution in [-0.4, -0.2) is 84.1 Å². The van der Waals surface area contributed by atoms with Gasteiger partial charge in [-0.15, -0.1) is 0 Å². The normalized spacial score (nSPS) is 16.8. The molecule has 6 heterocycles. The Kier molecular flexibility index (Phi) is 7.95. The first kappa shape index (κ1) is 29.6. The second-order valence-electron chi connectivity index (χ2n) is 12.1. The van der Waals surface area contributed by atoms with E-state index in [-0.39, 0.29) is 24.1 Å². The number of hydrogen-bond acceptors (Lipinski definition) is 9. The van der Waals surface area contributed by atoms with E-state index in [0.717, 1.165) is 49.6 Å². The van der Waals surface area contributed by atoms with Crippen LogP contribution in [0.4, 0.5) is 11.6 Å². The van der Waals surface area contributed by atoms with E-state index >= 15 is 0 Å². The van der Waals surface area contributed by atoms with Crippen molar-refractivity contribution >= 4 is 28.6 Å². The number of imidazole rings is 1. The molecule has 12 nitrogen and oxygen atoms in total. The third-order valence-electron chi connectivity index (χ3n) is 8.77. The van der Waals surface area contributed by atoms with Gasteiger partial charge in [-0.25, -0.2) is 15.0 Å². The lowest BCUT2D eigenvalue weighted by Gasteiger charge is -2.18. The lowest BCUT2D eigenvalue weighted by molar-refractivity contribution is -0.130. The zero-order valence-corrected chi connectivity index (χ0v) is 26.3. The predicted molar refractivity (Wildman–Crippen MR) is 176 cm³/mol. The van der Waals surface area contributed by atoms with Gasteiger partial charge < -0.3 is 24.4 Å². The number of anilines is 2. The molecule has 1 atom stereocenters. The summed E-state index contributed by atoms with van der Waals surface area (Å²) >= 11 is 0. The van der Waals surface area contributed by atoms with Gasteiger partial charge in [-0.2, -0.15) is 4.98 Å². The highest BCUT2D eigenvalue weighted by Crippen LogP contribution is 2.27. The molecule has 0 aliphatic carbocycles. The smallest absolute Gasteiger partial charge is 0.260 e. The molecule has 1 N–H and O–H groups in total. The van der Waals surface area contributed by atoms with Crippen LogP contribution in [0, 0.1) is 6.92 Å². The monoisotopic (exact) mass is 619 g/mol. The van der Waals surface area contributed by atoms with Crippen LogP contribution in [0.2, 0.25) is 0 Å². The summed E-state index contributed by atoms with van der Waals surface area (Å²) in [5.74, 6) is 1.77. The van der Waals surface area contributed by atoms with Gasteiger partial charge in [0, 0.05) is 79.7 Å². The number of hydrogen-bond donors (Lipinski definition) is 1. The maximum Gasteiger partial charge on any atom is 0.260 e. The van der Waals surface area contributed by atoms with E-state index in [1.807, 2.05) is 66.0 Å². The fourth-order valence-electron chi connectivity index (χ4n) is 6.27. The van der Waals surface area contributed by atoms with Crippen LogP contribution < -0.4 is 15.6 Å². The van der Waals surface area contributed by atoms with Crippen molar-refractivity contribution in [3.63, 3.8) is 0 Å². The molecule has 12 heteroatoms. The largest absolute Gasteiger partial charge is 0.489 e. The fraction of sp³-hybridized carbons (Fsp3) is 0.353. The average Bonchev–Trinajstić information content (AvgIpc) is 3.83. The Balaban J connectivity index is 1.22. The Morgan fingerprint density at radius 2 is 1.80 bits per heavy atom. The molecule has 0 radical (unpaired) electrons.